The van der Waals surface area contributed by atoms with Gasteiger partial charge in [0.15, 0.2) is 0 Å². The third-order valence-electron chi connectivity index (χ3n) is 21.3. The molecule has 12 aromatic rings. The third kappa shape index (κ3) is 24.8. The Morgan fingerprint density at radius 2 is 0.699 bits per heavy atom. The van der Waals surface area contributed by atoms with Gasteiger partial charge in [0.05, 0.1) is 64.6 Å². The maximum Gasteiger partial charge on any atom is 2.00 e. The quantitative estimate of drug-likeness (QED) is 0.0144. The Labute approximate surface area is 752 Å². The summed E-state index contributed by atoms with van der Waals surface area (Å²) in [5, 5.41) is 70.5. The molecule has 0 spiro atoms. The summed E-state index contributed by atoms with van der Waals surface area (Å²) < 4.78 is 53.9. The van der Waals surface area contributed by atoms with E-state index >= 15 is 0 Å². The first kappa shape index (κ1) is 94.0. The van der Waals surface area contributed by atoms with Gasteiger partial charge in [-0.05, 0) is 198 Å². The normalized spacial score (nSPS) is 14.0. The van der Waals surface area contributed by atoms with Crippen molar-refractivity contribution in [2.45, 2.75) is 174 Å². The fourth-order valence-corrected chi connectivity index (χ4v) is 16.2. The molecule has 0 saturated carbocycles. The molecule has 4 heterocycles. The second kappa shape index (κ2) is 44.7. The van der Waals surface area contributed by atoms with Gasteiger partial charge >= 0.3 is 57.4 Å². The number of anilines is 3. The van der Waals surface area contributed by atoms with Crippen molar-refractivity contribution in [3.05, 3.63) is 306 Å². The Hall–Kier alpha value is -11.2. The number of hydrogen-bond donors (Lipinski definition) is 8. The van der Waals surface area contributed by atoms with Gasteiger partial charge in [0, 0.05) is 95.7 Å². The van der Waals surface area contributed by atoms with Gasteiger partial charge < -0.3 is 69.8 Å². The minimum Gasteiger partial charge on any atom is -0.550 e. The number of aromatic nitrogens is 3. The molecule has 0 unspecified atom stereocenters. The number of carboxylic acids is 2. The Bertz CT molecular complexity index is 5280. The van der Waals surface area contributed by atoms with E-state index in [9.17, 15) is 67.5 Å². The van der Waals surface area contributed by atoms with Crippen molar-refractivity contribution >= 4 is 98.2 Å². The second-order valence-electron chi connectivity index (χ2n) is 31.7. The van der Waals surface area contributed by atoms with Gasteiger partial charge in [-0.15, -0.1) is 0 Å². The number of amides is 3. The third-order valence-corrected chi connectivity index (χ3v) is 21.3. The first-order chi connectivity index (χ1) is 58.6. The molecule has 0 aliphatic carbocycles. The average molecular weight is 1740 g/mol. The maximum absolute atomic E-state index is 14.1. The number of esters is 1. The van der Waals surface area contributed by atoms with Crippen molar-refractivity contribution in [2.24, 2.45) is 5.92 Å². The second-order valence-corrected chi connectivity index (χ2v) is 31.7. The minimum atomic E-state index is -1.39. The molecule has 1 fully saturated rings. The number of halogens is 3. The van der Waals surface area contributed by atoms with E-state index in [-0.39, 0.29) is 149 Å². The number of rotatable bonds is 32. The smallest absolute Gasteiger partial charge is 0.550 e. The maximum atomic E-state index is 14.1. The molecule has 23 heteroatoms. The van der Waals surface area contributed by atoms with Crippen LogP contribution in [0.3, 0.4) is 0 Å². The molecule has 6 atom stereocenters. The van der Waals surface area contributed by atoms with E-state index in [0.717, 1.165) is 57.0 Å². The minimum absolute atomic E-state index is 0. The summed E-state index contributed by atoms with van der Waals surface area (Å²) in [5.41, 5.74) is 15.1. The van der Waals surface area contributed by atoms with Gasteiger partial charge in [-0.3, -0.25) is 24.0 Å². The van der Waals surface area contributed by atoms with E-state index in [1.807, 2.05) is 207 Å². The Morgan fingerprint density at radius 3 is 0.976 bits per heavy atom. The molecule has 3 amide bonds. The van der Waals surface area contributed by atoms with Gasteiger partial charge in [0.25, 0.3) is 17.7 Å². The number of nitrogens with one attached hydrogen (secondary N) is 3. The number of carbonyl (C=O) groups is 6. The zero-order valence-corrected chi connectivity index (χ0v) is 73.6. The van der Waals surface area contributed by atoms with Crippen LogP contribution in [0.4, 0.5) is 30.2 Å². The van der Waals surface area contributed by atoms with Crippen LogP contribution in [0.15, 0.2) is 255 Å². The number of para-hydroxylation sites is 3. The molecule has 1 saturated heterocycles. The summed E-state index contributed by atoms with van der Waals surface area (Å²) in [6.07, 6.45) is -3.60. The van der Waals surface area contributed by atoms with Crippen LogP contribution in [0.1, 0.15) is 172 Å². The van der Waals surface area contributed by atoms with Crippen molar-refractivity contribution in [3.8, 4) is 67.2 Å². The van der Waals surface area contributed by atoms with Crippen molar-refractivity contribution in [1.82, 2.24) is 13.7 Å². The van der Waals surface area contributed by atoms with Crippen molar-refractivity contribution < 1.29 is 77.3 Å². The van der Waals surface area contributed by atoms with Crippen LogP contribution >= 0.6 is 0 Å². The van der Waals surface area contributed by atoms with Gasteiger partial charge in [0.1, 0.15) is 23.6 Å². The molecular formula is C100H104F3N6O13Sr+. The number of ether oxygens (including phenoxy) is 1. The number of benzene rings is 9. The van der Waals surface area contributed by atoms with Crippen LogP contribution < -0.4 is 21.1 Å². The molecule has 9 aromatic carbocycles. The molecule has 19 nitrogen and oxygen atoms in total. The molecule has 13 rings (SSSR count). The van der Waals surface area contributed by atoms with Gasteiger partial charge in [0.2, 0.25) is 0 Å². The van der Waals surface area contributed by atoms with E-state index in [1.165, 1.54) is 36.4 Å². The molecule has 3 aromatic heterocycles. The van der Waals surface area contributed by atoms with Crippen LogP contribution in [-0.2, 0) is 38.8 Å². The Kier molecular flexibility index (Phi) is 34.2. The number of carboxylic acid groups (broad SMARTS) is 2. The topological polar surface area (TPSA) is 287 Å². The molecule has 634 valence electrons. The zero-order valence-electron chi connectivity index (χ0n) is 70.1. The number of cyclic esters (lactones) is 1. The Balaban J connectivity index is 0.000000192. The molecule has 1 aliphatic heterocycles. The first-order valence-corrected chi connectivity index (χ1v) is 41.3. The van der Waals surface area contributed by atoms with E-state index in [0.29, 0.717) is 86.8 Å². The standard InChI is InChI=1S/C34H35FN2O3.2C33H35FN2O5.Sr/c1-22(2)32-31(34(39)36-27-12-8-5-9-13-27)30(24-10-6-4-7-11-24)33(25-14-16-26(35)17-15-25)37(32)19-18-28-20-23(3)21-29(38)40-28;2*1-21(2)31-30(33(41)35-25-11-7-4-8-12-25)29(22-9-5-3-6-10-22)32(23-13-15-24(34)16-14-23)36(31)18-17-26(37)19-27(38)20-28(39)40;/h4-17,22-23,28H,18-21H2,1-3H3,(H,36,39);2*3-16,21,26-27,37-38H,17-20H2,1-2H3,(H,35,41)(H,39,40);/q;;;+2/p-1/t23-,28-;2*26-,27-;/m111./s1. The van der Waals surface area contributed by atoms with Crippen LogP contribution in [-0.4, -0.2) is 151 Å². The van der Waals surface area contributed by atoms with Crippen molar-refractivity contribution in [1.29, 1.82) is 0 Å². The summed E-state index contributed by atoms with van der Waals surface area (Å²) in [6, 6.07) is 75.2. The fraction of sp³-hybridized carbons (Fsp3) is 0.280. The predicted octanol–water partition coefficient (Wildman–Crippen LogP) is 19.0. The summed E-state index contributed by atoms with van der Waals surface area (Å²) in [5.74, 6) is -4.55. The summed E-state index contributed by atoms with van der Waals surface area (Å²) in [4.78, 5) is 76.2. The number of carbonyl (C=O) groups excluding carboxylic acids is 5. The van der Waals surface area contributed by atoms with E-state index in [2.05, 4.69) is 41.3 Å². The summed E-state index contributed by atoms with van der Waals surface area (Å²) in [7, 11) is 0. The van der Waals surface area contributed by atoms with Crippen molar-refractivity contribution in [2.75, 3.05) is 16.0 Å². The largest absolute Gasteiger partial charge is 2.00 e. The molecule has 8 N–H and O–H groups in total. The number of aliphatic hydroxyl groups is 4. The molecule has 123 heavy (non-hydrogen) atoms. The number of hydrogen-bond acceptors (Lipinski definition) is 12. The molecule has 0 radical (unpaired) electrons. The van der Waals surface area contributed by atoms with E-state index in [4.69, 9.17) is 9.84 Å². The first-order valence-electron chi connectivity index (χ1n) is 41.3. The van der Waals surface area contributed by atoms with Crippen molar-refractivity contribution in [3.63, 3.8) is 0 Å². The fourth-order valence-electron chi connectivity index (χ4n) is 16.2. The van der Waals surface area contributed by atoms with Crippen LogP contribution in [0.25, 0.3) is 67.2 Å². The van der Waals surface area contributed by atoms with Crippen LogP contribution in [0.2, 0.25) is 0 Å². The van der Waals surface area contributed by atoms with E-state index < -0.39 is 55.0 Å². The van der Waals surface area contributed by atoms with Gasteiger partial charge in [-0.1, -0.05) is 194 Å². The number of aliphatic carboxylic acids is 2. The predicted molar refractivity (Wildman–Crippen MR) is 474 cm³/mol. The average Bonchev–Trinajstić information content (AvgIpc) is 1.60. The molecule has 0 bridgehead atoms. The zero-order chi connectivity index (χ0) is 87.3. The van der Waals surface area contributed by atoms with E-state index in [1.54, 1.807) is 48.5 Å². The SMILES string of the molecule is CC(C)c1c(C(=O)Nc2ccccc2)c(-c2ccccc2)c(-c2ccc(F)cc2)n1CC[C@@H](O)C[C@@H](O)CC(=O)O.CC(C)c1c(C(=O)Nc2ccccc2)c(-c2ccccc2)c(-c2ccc(F)cc2)n1CC[C@@H](O)C[C@@H](O)CC(=O)[O-].CC(C)c1c(C(=O)Nc2ccccc2)c(-c2ccccc2)c(-c2ccc(F)cc2)n1CC[C@@H]1C[C@@H](C)CC(=O)O1.[Sr+2]. The van der Waals surface area contributed by atoms with Crippen LogP contribution in [0, 0.1) is 23.4 Å². The van der Waals surface area contributed by atoms with Gasteiger partial charge in [-0.25, -0.2) is 13.2 Å². The van der Waals surface area contributed by atoms with Gasteiger partial charge in [-0.2, -0.15) is 0 Å². The Morgan fingerprint density at radius 1 is 0.415 bits per heavy atom. The molecule has 1 aliphatic rings. The van der Waals surface area contributed by atoms with Crippen LogP contribution in [0.5, 0.6) is 0 Å². The summed E-state index contributed by atoms with van der Waals surface area (Å²) >= 11 is 0. The number of aliphatic hydroxyl groups excluding tert-OH is 4. The monoisotopic (exact) mass is 1740 g/mol. The molecular weight excluding hydrogens is 1640 g/mol. The summed E-state index contributed by atoms with van der Waals surface area (Å²) in [6.45, 7) is 15.3. The number of nitrogens with zero attached hydrogens (tertiary/aromatic N) is 3.